The third-order valence-electron chi connectivity index (χ3n) is 4.79. The Balaban J connectivity index is 1.39. The molecule has 4 aromatic rings. The van der Waals surface area contributed by atoms with Gasteiger partial charge in [-0.2, -0.15) is 4.52 Å². The number of hydrogen-bond donors (Lipinski definition) is 2. The minimum Gasteiger partial charge on any atom is -0.493 e. The number of hydrogen-bond acceptors (Lipinski definition) is 7. The molecule has 10 heteroatoms. The molecule has 2 N–H and O–H groups in total. The molecule has 2 aromatic carbocycles. The number of nitrogens with one attached hydrogen (secondary N) is 2. The highest BCUT2D eigenvalue weighted by Crippen LogP contribution is 2.31. The van der Waals surface area contributed by atoms with Crippen LogP contribution in [0, 0.1) is 6.92 Å². The van der Waals surface area contributed by atoms with Gasteiger partial charge in [-0.3, -0.25) is 0 Å². The van der Waals surface area contributed by atoms with Gasteiger partial charge in [0.1, 0.15) is 6.61 Å². The molecule has 0 bridgehead atoms. The van der Waals surface area contributed by atoms with Crippen LogP contribution in [0.3, 0.4) is 0 Å². The molecule has 0 spiro atoms. The van der Waals surface area contributed by atoms with Gasteiger partial charge in [-0.05, 0) is 48.9 Å². The molecule has 0 atom stereocenters. The van der Waals surface area contributed by atoms with Gasteiger partial charge in [-0.1, -0.05) is 12.1 Å². The van der Waals surface area contributed by atoms with Gasteiger partial charge in [-0.25, -0.2) is 4.79 Å². The first-order valence-corrected chi connectivity index (χ1v) is 10.3. The first-order valence-electron chi connectivity index (χ1n) is 10.3. The zero-order chi connectivity index (χ0) is 23.2. The van der Waals surface area contributed by atoms with Crippen molar-refractivity contribution in [1.82, 2.24) is 25.1 Å². The maximum Gasteiger partial charge on any atom is 0.319 e. The molecule has 170 valence electrons. The molecule has 4 rings (SSSR count). The van der Waals surface area contributed by atoms with Crippen LogP contribution in [0.1, 0.15) is 5.56 Å². The molecule has 2 aromatic heterocycles. The summed E-state index contributed by atoms with van der Waals surface area (Å²) in [7, 11) is 3.15. The number of methoxy groups -OCH3 is 2. The zero-order valence-corrected chi connectivity index (χ0v) is 18.5. The van der Waals surface area contributed by atoms with Crippen molar-refractivity contribution in [2.45, 2.75) is 6.92 Å². The molecular formula is C23H24N6O4. The van der Waals surface area contributed by atoms with E-state index in [2.05, 4.69) is 25.9 Å². The Labute approximate surface area is 190 Å². The van der Waals surface area contributed by atoms with E-state index in [0.29, 0.717) is 35.4 Å². The molecule has 10 nitrogen and oxygen atoms in total. The van der Waals surface area contributed by atoms with Crippen LogP contribution in [0.15, 0.2) is 54.6 Å². The predicted octanol–water partition coefficient (Wildman–Crippen LogP) is 3.32. The minimum atomic E-state index is -0.304. The number of carbonyl (C=O) groups excluding carboxylic acids is 1. The van der Waals surface area contributed by atoms with Gasteiger partial charge in [0.05, 0.1) is 20.8 Å². The van der Waals surface area contributed by atoms with E-state index in [1.54, 1.807) is 43.0 Å². The van der Waals surface area contributed by atoms with Gasteiger partial charge in [0.25, 0.3) is 0 Å². The highest BCUT2D eigenvalue weighted by molar-refractivity contribution is 5.89. The summed E-state index contributed by atoms with van der Waals surface area (Å²) in [6.45, 7) is 2.52. The van der Waals surface area contributed by atoms with Crippen molar-refractivity contribution in [2.24, 2.45) is 0 Å². The topological polar surface area (TPSA) is 112 Å². The number of nitrogens with zero attached hydrogens (tertiary/aromatic N) is 4. The van der Waals surface area contributed by atoms with Crippen molar-refractivity contribution in [2.75, 3.05) is 32.7 Å². The SMILES string of the molecule is COc1ccc(-c2nnc3ccc(OCCNC(=O)Nc4cccc(C)c4)nn23)cc1OC. The Kier molecular flexibility index (Phi) is 6.53. The van der Waals surface area contributed by atoms with Crippen LogP contribution in [0.2, 0.25) is 0 Å². The summed E-state index contributed by atoms with van der Waals surface area (Å²) in [5.74, 6) is 2.11. The van der Waals surface area contributed by atoms with E-state index in [0.717, 1.165) is 16.8 Å². The van der Waals surface area contributed by atoms with Crippen molar-refractivity contribution in [3.8, 4) is 28.8 Å². The van der Waals surface area contributed by atoms with Crippen LogP contribution in [0.25, 0.3) is 17.0 Å². The molecule has 2 heterocycles. The van der Waals surface area contributed by atoms with Crippen molar-refractivity contribution >= 4 is 17.4 Å². The fraction of sp³-hybridized carbons (Fsp3) is 0.217. The fourth-order valence-corrected chi connectivity index (χ4v) is 3.22. The maximum atomic E-state index is 12.0. The first-order chi connectivity index (χ1) is 16.1. The molecule has 0 aliphatic heterocycles. The monoisotopic (exact) mass is 448 g/mol. The summed E-state index contributed by atoms with van der Waals surface area (Å²) in [4.78, 5) is 12.0. The molecule has 0 fully saturated rings. The fourth-order valence-electron chi connectivity index (χ4n) is 3.22. The summed E-state index contributed by atoms with van der Waals surface area (Å²) in [6, 6.07) is 16.2. The van der Waals surface area contributed by atoms with Gasteiger partial charge >= 0.3 is 6.03 Å². The molecule has 0 unspecified atom stereocenters. The van der Waals surface area contributed by atoms with Crippen LogP contribution in [-0.4, -0.2) is 53.2 Å². The Morgan fingerprint density at radius 1 is 1.00 bits per heavy atom. The van der Waals surface area contributed by atoms with E-state index < -0.39 is 0 Å². The molecule has 2 amide bonds. The Morgan fingerprint density at radius 2 is 1.85 bits per heavy atom. The zero-order valence-electron chi connectivity index (χ0n) is 18.5. The molecular weight excluding hydrogens is 424 g/mol. The predicted molar refractivity (Wildman–Crippen MR) is 123 cm³/mol. The lowest BCUT2D eigenvalue weighted by Crippen LogP contribution is -2.32. The number of fused-ring (bicyclic) bond motifs is 1. The van der Waals surface area contributed by atoms with Crippen LogP contribution in [0.5, 0.6) is 17.4 Å². The second-order valence-electron chi connectivity index (χ2n) is 7.13. The van der Waals surface area contributed by atoms with Gasteiger partial charge in [0, 0.05) is 17.3 Å². The number of aryl methyl sites for hydroxylation is 1. The van der Waals surface area contributed by atoms with Crippen molar-refractivity contribution in [3.63, 3.8) is 0 Å². The Bertz CT molecular complexity index is 1270. The lowest BCUT2D eigenvalue weighted by atomic mass is 10.2. The number of urea groups is 1. The van der Waals surface area contributed by atoms with Crippen molar-refractivity contribution in [1.29, 1.82) is 0 Å². The van der Waals surface area contributed by atoms with Gasteiger partial charge < -0.3 is 24.8 Å². The smallest absolute Gasteiger partial charge is 0.319 e. The number of anilines is 1. The first kappa shape index (κ1) is 21.9. The highest BCUT2D eigenvalue weighted by Gasteiger charge is 2.13. The molecule has 0 aliphatic rings. The number of amides is 2. The van der Waals surface area contributed by atoms with Crippen LogP contribution in [-0.2, 0) is 0 Å². The average Bonchev–Trinajstić information content (AvgIpc) is 3.24. The molecule has 0 saturated carbocycles. The number of carbonyl (C=O) groups is 1. The van der Waals surface area contributed by atoms with Gasteiger partial charge in [0.15, 0.2) is 23.0 Å². The van der Waals surface area contributed by atoms with E-state index in [-0.39, 0.29) is 12.6 Å². The lowest BCUT2D eigenvalue weighted by Gasteiger charge is -2.10. The summed E-state index contributed by atoms with van der Waals surface area (Å²) in [6.07, 6.45) is 0. The van der Waals surface area contributed by atoms with E-state index in [4.69, 9.17) is 14.2 Å². The molecule has 0 radical (unpaired) electrons. The van der Waals surface area contributed by atoms with Crippen molar-refractivity contribution < 1.29 is 19.0 Å². The van der Waals surface area contributed by atoms with E-state index in [9.17, 15) is 4.79 Å². The second-order valence-corrected chi connectivity index (χ2v) is 7.13. The number of benzene rings is 2. The summed E-state index contributed by atoms with van der Waals surface area (Å²) in [5, 5.41) is 18.4. The third-order valence-corrected chi connectivity index (χ3v) is 4.79. The van der Waals surface area contributed by atoms with Crippen LogP contribution >= 0.6 is 0 Å². The number of ether oxygens (including phenoxy) is 3. The summed E-state index contributed by atoms with van der Waals surface area (Å²) < 4.78 is 18.0. The molecule has 0 saturated heterocycles. The van der Waals surface area contributed by atoms with Gasteiger partial charge in [0.2, 0.25) is 5.88 Å². The van der Waals surface area contributed by atoms with E-state index in [1.807, 2.05) is 37.3 Å². The molecule has 33 heavy (non-hydrogen) atoms. The third kappa shape index (κ3) is 5.12. The Morgan fingerprint density at radius 3 is 2.64 bits per heavy atom. The summed E-state index contributed by atoms with van der Waals surface area (Å²) in [5.41, 5.74) is 3.14. The Hall–Kier alpha value is -4.34. The largest absolute Gasteiger partial charge is 0.493 e. The number of rotatable bonds is 8. The van der Waals surface area contributed by atoms with Crippen molar-refractivity contribution in [3.05, 3.63) is 60.2 Å². The molecule has 0 aliphatic carbocycles. The highest BCUT2D eigenvalue weighted by atomic mass is 16.5. The quantitative estimate of drug-likeness (QED) is 0.398. The second kappa shape index (κ2) is 9.86. The van der Waals surface area contributed by atoms with E-state index in [1.165, 1.54) is 0 Å². The van der Waals surface area contributed by atoms with Crippen LogP contribution < -0.4 is 24.8 Å². The maximum absolute atomic E-state index is 12.0. The lowest BCUT2D eigenvalue weighted by molar-refractivity contribution is 0.246. The normalized spacial score (nSPS) is 10.6. The average molecular weight is 448 g/mol. The summed E-state index contributed by atoms with van der Waals surface area (Å²) >= 11 is 0. The standard InChI is InChI=1S/C23H24N6O4/c1-15-5-4-6-17(13-15)25-23(30)24-11-12-33-21-10-9-20-26-27-22(29(20)28-21)16-7-8-18(31-2)19(14-16)32-3/h4-10,13-14H,11-12H2,1-3H3,(H2,24,25,30). The minimum absolute atomic E-state index is 0.244. The number of aromatic nitrogens is 4. The van der Waals surface area contributed by atoms with Crippen LogP contribution in [0.4, 0.5) is 10.5 Å². The van der Waals surface area contributed by atoms with E-state index >= 15 is 0 Å². The van der Waals surface area contributed by atoms with Gasteiger partial charge in [-0.15, -0.1) is 15.3 Å².